The summed E-state index contributed by atoms with van der Waals surface area (Å²) in [6.07, 6.45) is 2.12. The molecule has 0 unspecified atom stereocenters. The molecule has 5 N–H and O–H groups in total. The van der Waals surface area contributed by atoms with E-state index in [1.165, 1.54) is 17.9 Å². The van der Waals surface area contributed by atoms with Gasteiger partial charge in [-0.3, -0.25) is 19.1 Å². The van der Waals surface area contributed by atoms with E-state index in [0.717, 1.165) is 19.3 Å². The Balaban J connectivity index is 1.40. The maximum atomic E-state index is 13.0. The van der Waals surface area contributed by atoms with Crippen LogP contribution in [0.25, 0.3) is 11.2 Å². The summed E-state index contributed by atoms with van der Waals surface area (Å²) in [6.45, 7) is 0.177. The van der Waals surface area contributed by atoms with E-state index in [9.17, 15) is 19.8 Å². The number of ether oxygens (including phenoxy) is 1. The molecule has 1 aliphatic heterocycles. The highest BCUT2D eigenvalue weighted by molar-refractivity contribution is 5.94. The highest BCUT2D eigenvalue weighted by atomic mass is 16.6. The predicted octanol–water partition coefficient (Wildman–Crippen LogP) is -0.785. The number of hydrogen-bond acceptors (Lipinski definition) is 10. The number of nitrogen functional groups attached to an aromatic ring is 1. The third kappa shape index (κ3) is 4.57. The van der Waals surface area contributed by atoms with Crippen molar-refractivity contribution in [3.8, 4) is 11.8 Å². The number of pyridine rings is 1. The van der Waals surface area contributed by atoms with E-state index in [4.69, 9.17) is 10.5 Å². The molecule has 37 heavy (non-hydrogen) atoms. The average Bonchev–Trinajstić information content (AvgIpc) is 3.43. The summed E-state index contributed by atoms with van der Waals surface area (Å²) in [5.74, 6) is 5.30. The maximum absolute atomic E-state index is 13.0. The molecule has 2 fully saturated rings. The maximum Gasteiger partial charge on any atom is 0.255 e. The number of nitrogens with two attached hydrogens (primary N) is 1. The zero-order valence-corrected chi connectivity index (χ0v) is 20.0. The first-order chi connectivity index (χ1) is 17.9. The zero-order valence-electron chi connectivity index (χ0n) is 20.0. The molecule has 5 rings (SSSR count). The second kappa shape index (κ2) is 10.1. The largest absolute Gasteiger partial charge is 0.387 e. The molecule has 3 aromatic heterocycles. The molecule has 2 aliphatic rings. The summed E-state index contributed by atoms with van der Waals surface area (Å²) in [6, 6.07) is 3.46. The normalized spacial score (nSPS) is 23.2. The molecule has 1 saturated carbocycles. The quantitative estimate of drug-likeness (QED) is 0.320. The Morgan fingerprint density at radius 2 is 2.00 bits per heavy atom. The van der Waals surface area contributed by atoms with E-state index in [2.05, 4.69) is 37.1 Å². The van der Waals surface area contributed by atoms with Crippen molar-refractivity contribution in [3.63, 3.8) is 0 Å². The van der Waals surface area contributed by atoms with Crippen molar-refractivity contribution < 1.29 is 24.5 Å². The fourth-order valence-corrected chi connectivity index (χ4v) is 4.36. The molecule has 2 amide bonds. The number of aliphatic hydroxyl groups is 2. The second-order valence-corrected chi connectivity index (χ2v) is 8.85. The summed E-state index contributed by atoms with van der Waals surface area (Å²) in [5.41, 5.74) is 7.09. The van der Waals surface area contributed by atoms with Crippen LogP contribution < -0.4 is 11.1 Å². The van der Waals surface area contributed by atoms with Crippen LogP contribution in [0.4, 0.5) is 5.82 Å². The first-order valence-corrected chi connectivity index (χ1v) is 11.8. The lowest BCUT2D eigenvalue weighted by Gasteiger charge is -2.36. The van der Waals surface area contributed by atoms with Crippen LogP contribution in [-0.2, 0) is 9.53 Å². The molecular weight excluding hydrogens is 480 g/mol. The monoisotopic (exact) mass is 506 g/mol. The van der Waals surface area contributed by atoms with Crippen LogP contribution in [0.2, 0.25) is 0 Å². The Labute approximate surface area is 211 Å². The zero-order chi connectivity index (χ0) is 26.1. The molecule has 1 saturated heterocycles. The smallest absolute Gasteiger partial charge is 0.255 e. The topological polar surface area (TPSA) is 182 Å². The Kier molecular flexibility index (Phi) is 6.70. The van der Waals surface area contributed by atoms with Crippen molar-refractivity contribution in [2.75, 3.05) is 19.3 Å². The van der Waals surface area contributed by atoms with E-state index in [-0.39, 0.29) is 41.3 Å². The molecule has 4 atom stereocenters. The van der Waals surface area contributed by atoms with Gasteiger partial charge in [0.15, 0.2) is 23.8 Å². The van der Waals surface area contributed by atoms with Gasteiger partial charge in [-0.15, -0.1) is 0 Å². The lowest BCUT2D eigenvalue weighted by atomic mass is 9.91. The SMILES string of the molecule is CNC(=O)[C@H]1O[C@@H](n2cnc3c(N)nc(C#CCN(C(=O)c4ccncc4)C4CCC4)nc32)[C@H](O)[C@H]1O. The van der Waals surface area contributed by atoms with Gasteiger partial charge in [0.2, 0.25) is 5.82 Å². The van der Waals surface area contributed by atoms with E-state index >= 15 is 0 Å². The molecule has 0 spiro atoms. The van der Waals surface area contributed by atoms with Gasteiger partial charge < -0.3 is 30.9 Å². The van der Waals surface area contributed by atoms with Crippen molar-refractivity contribution in [1.82, 2.24) is 34.7 Å². The van der Waals surface area contributed by atoms with Crippen LogP contribution in [0, 0.1) is 11.8 Å². The number of aliphatic hydroxyl groups excluding tert-OH is 2. The highest BCUT2D eigenvalue weighted by Gasteiger charge is 2.47. The Hall–Kier alpha value is -4.12. The Bertz CT molecular complexity index is 1380. The van der Waals surface area contributed by atoms with Gasteiger partial charge in [0, 0.05) is 31.0 Å². The van der Waals surface area contributed by atoms with Gasteiger partial charge in [-0.25, -0.2) is 15.0 Å². The van der Waals surface area contributed by atoms with Crippen molar-refractivity contribution >= 4 is 28.8 Å². The Morgan fingerprint density at radius 1 is 1.24 bits per heavy atom. The number of likely N-dealkylation sites (N-methyl/N-ethyl adjacent to an activating group) is 1. The number of carbonyl (C=O) groups is 2. The first-order valence-electron chi connectivity index (χ1n) is 11.8. The minimum absolute atomic E-state index is 0.0626. The fraction of sp³-hybridized carbons (Fsp3) is 0.417. The molecule has 4 heterocycles. The van der Waals surface area contributed by atoms with Crippen LogP contribution in [0.3, 0.4) is 0 Å². The molecular formula is C24H26N8O5. The molecule has 192 valence electrons. The number of anilines is 1. The number of aromatic nitrogens is 5. The molecule has 1 aliphatic carbocycles. The molecule has 0 aromatic carbocycles. The van der Waals surface area contributed by atoms with Gasteiger partial charge in [-0.1, -0.05) is 5.92 Å². The summed E-state index contributed by atoms with van der Waals surface area (Å²) in [4.78, 5) is 43.6. The average molecular weight is 507 g/mol. The lowest BCUT2D eigenvalue weighted by Crippen LogP contribution is -2.44. The molecule has 13 nitrogen and oxygen atoms in total. The number of carbonyl (C=O) groups excluding carboxylic acids is 2. The van der Waals surface area contributed by atoms with Gasteiger partial charge in [0.1, 0.15) is 17.7 Å². The highest BCUT2D eigenvalue weighted by Crippen LogP contribution is 2.32. The number of hydrogen-bond donors (Lipinski definition) is 4. The van der Waals surface area contributed by atoms with E-state index < -0.39 is 30.4 Å². The number of nitrogens with one attached hydrogen (secondary N) is 1. The number of nitrogens with zero attached hydrogens (tertiary/aromatic N) is 6. The number of fused-ring (bicyclic) bond motifs is 1. The van der Waals surface area contributed by atoms with Crippen molar-refractivity contribution in [2.24, 2.45) is 0 Å². The third-order valence-electron chi connectivity index (χ3n) is 6.62. The molecule has 13 heteroatoms. The van der Waals surface area contributed by atoms with E-state index in [0.29, 0.717) is 5.56 Å². The number of amides is 2. The minimum atomic E-state index is -1.45. The Morgan fingerprint density at radius 3 is 2.68 bits per heavy atom. The van der Waals surface area contributed by atoms with Crippen LogP contribution in [-0.4, -0.2) is 89.4 Å². The summed E-state index contributed by atoms with van der Waals surface area (Å²) >= 11 is 0. The summed E-state index contributed by atoms with van der Waals surface area (Å²) < 4.78 is 7.00. The molecule has 3 aromatic rings. The molecule has 0 radical (unpaired) electrons. The van der Waals surface area contributed by atoms with Crippen LogP contribution >= 0.6 is 0 Å². The third-order valence-corrected chi connectivity index (χ3v) is 6.62. The number of imidazole rings is 1. The van der Waals surface area contributed by atoms with E-state index in [1.807, 2.05) is 0 Å². The summed E-state index contributed by atoms with van der Waals surface area (Å²) in [5, 5.41) is 23.2. The minimum Gasteiger partial charge on any atom is -0.387 e. The van der Waals surface area contributed by atoms with Crippen molar-refractivity contribution in [1.29, 1.82) is 0 Å². The van der Waals surface area contributed by atoms with Gasteiger partial charge in [-0.2, -0.15) is 0 Å². The van der Waals surface area contributed by atoms with Gasteiger partial charge in [0.25, 0.3) is 11.8 Å². The van der Waals surface area contributed by atoms with Gasteiger partial charge in [0.05, 0.1) is 12.9 Å². The van der Waals surface area contributed by atoms with Crippen LogP contribution in [0.5, 0.6) is 0 Å². The number of rotatable bonds is 5. The van der Waals surface area contributed by atoms with Gasteiger partial charge in [-0.05, 0) is 37.3 Å². The van der Waals surface area contributed by atoms with Crippen LogP contribution in [0.15, 0.2) is 30.9 Å². The summed E-state index contributed by atoms with van der Waals surface area (Å²) in [7, 11) is 1.40. The van der Waals surface area contributed by atoms with Crippen molar-refractivity contribution in [3.05, 3.63) is 42.2 Å². The first kappa shape index (κ1) is 24.6. The molecule has 0 bridgehead atoms. The lowest BCUT2D eigenvalue weighted by molar-refractivity contribution is -0.137. The van der Waals surface area contributed by atoms with Gasteiger partial charge >= 0.3 is 0 Å². The second-order valence-electron chi connectivity index (χ2n) is 8.85. The van der Waals surface area contributed by atoms with Crippen molar-refractivity contribution in [2.45, 2.75) is 49.8 Å². The van der Waals surface area contributed by atoms with Crippen LogP contribution in [0.1, 0.15) is 41.7 Å². The predicted molar refractivity (Wildman–Crippen MR) is 130 cm³/mol. The van der Waals surface area contributed by atoms with E-state index in [1.54, 1.807) is 29.4 Å². The standard InChI is InChI=1S/C24H26N8O5/c1-26-22(35)19-17(33)18(34)24(37-19)32-12-28-16-20(25)29-15(30-21(16)32)6-3-11-31(14-4-2-5-14)23(36)13-7-9-27-10-8-13/h7-10,12,14,17-19,24,33-34H,2,4-5,11H2,1H3,(H,26,35)(H2,25,29,30)/t17-,18-,19+,24-/m1/s1. The fourth-order valence-electron chi connectivity index (χ4n) is 4.36.